The molecule has 0 atom stereocenters. The van der Waals surface area contributed by atoms with E-state index in [-0.39, 0.29) is 11.4 Å². The predicted octanol–water partition coefficient (Wildman–Crippen LogP) is 2.37. The van der Waals surface area contributed by atoms with Gasteiger partial charge < -0.3 is 10.5 Å². The molecule has 20 heavy (non-hydrogen) atoms. The molecule has 2 aromatic heterocycles. The summed E-state index contributed by atoms with van der Waals surface area (Å²) in [5.74, 6) is 0.513. The van der Waals surface area contributed by atoms with Gasteiger partial charge in [0, 0.05) is 12.3 Å². The molecule has 0 saturated carbocycles. The minimum absolute atomic E-state index is 0.117. The standard InChI is InChI=1S/C13H14N4O3/c1-13(2,14)12-4-3-9(7-16-12)20-11-5-6-15-8-10(11)17(18)19/h3-8H,14H2,1-2H3. The molecule has 7 nitrogen and oxygen atoms in total. The van der Waals surface area contributed by atoms with Crippen molar-refractivity contribution in [1.82, 2.24) is 9.97 Å². The van der Waals surface area contributed by atoms with Crippen molar-refractivity contribution in [1.29, 1.82) is 0 Å². The second-order valence-electron chi connectivity index (χ2n) is 4.80. The third kappa shape index (κ3) is 3.07. The second kappa shape index (κ2) is 5.22. The van der Waals surface area contributed by atoms with E-state index in [1.54, 1.807) is 12.1 Å². The van der Waals surface area contributed by atoms with Gasteiger partial charge in [0.25, 0.3) is 0 Å². The third-order valence-corrected chi connectivity index (χ3v) is 2.58. The zero-order valence-electron chi connectivity index (χ0n) is 11.1. The van der Waals surface area contributed by atoms with Crippen LogP contribution in [0, 0.1) is 10.1 Å². The highest BCUT2D eigenvalue weighted by Gasteiger charge is 2.17. The summed E-state index contributed by atoms with van der Waals surface area (Å²) in [6.07, 6.45) is 4.04. The van der Waals surface area contributed by atoms with E-state index in [4.69, 9.17) is 10.5 Å². The van der Waals surface area contributed by atoms with Crippen molar-refractivity contribution in [2.75, 3.05) is 0 Å². The van der Waals surface area contributed by atoms with Crippen LogP contribution < -0.4 is 10.5 Å². The van der Waals surface area contributed by atoms with Gasteiger partial charge in [-0.05, 0) is 26.0 Å². The zero-order chi connectivity index (χ0) is 14.8. The van der Waals surface area contributed by atoms with Gasteiger partial charge in [0.15, 0.2) is 0 Å². The van der Waals surface area contributed by atoms with E-state index >= 15 is 0 Å². The van der Waals surface area contributed by atoms with Gasteiger partial charge in [0.1, 0.15) is 11.9 Å². The van der Waals surface area contributed by atoms with Gasteiger partial charge in [-0.2, -0.15) is 0 Å². The van der Waals surface area contributed by atoms with Gasteiger partial charge in [0.05, 0.1) is 22.4 Å². The summed E-state index contributed by atoms with van der Waals surface area (Å²) in [4.78, 5) is 18.2. The molecule has 0 aliphatic rings. The first kappa shape index (κ1) is 13.9. The molecule has 2 aromatic rings. The molecular weight excluding hydrogens is 260 g/mol. The first-order valence-electron chi connectivity index (χ1n) is 5.89. The monoisotopic (exact) mass is 274 g/mol. The summed E-state index contributed by atoms with van der Waals surface area (Å²) < 4.78 is 5.45. The van der Waals surface area contributed by atoms with Crippen molar-refractivity contribution < 1.29 is 9.66 Å². The Bertz CT molecular complexity index is 620. The SMILES string of the molecule is CC(C)(N)c1ccc(Oc2ccncc2[N+](=O)[O-])cn1. The van der Waals surface area contributed by atoms with Gasteiger partial charge in [-0.1, -0.05) is 0 Å². The zero-order valence-corrected chi connectivity index (χ0v) is 11.1. The van der Waals surface area contributed by atoms with Crippen LogP contribution in [0.1, 0.15) is 19.5 Å². The molecule has 0 unspecified atom stereocenters. The van der Waals surface area contributed by atoms with Gasteiger partial charge >= 0.3 is 5.69 Å². The van der Waals surface area contributed by atoms with E-state index in [1.807, 2.05) is 13.8 Å². The molecule has 0 spiro atoms. The fourth-order valence-corrected chi connectivity index (χ4v) is 1.55. The van der Waals surface area contributed by atoms with Crippen LogP contribution in [0.2, 0.25) is 0 Å². The Kier molecular flexibility index (Phi) is 3.62. The lowest BCUT2D eigenvalue weighted by atomic mass is 10.0. The maximum Gasteiger partial charge on any atom is 0.329 e. The number of ether oxygens (including phenoxy) is 1. The molecule has 2 N–H and O–H groups in total. The van der Waals surface area contributed by atoms with Gasteiger partial charge in [-0.25, -0.2) is 0 Å². The number of hydrogen-bond acceptors (Lipinski definition) is 6. The van der Waals surface area contributed by atoms with E-state index in [9.17, 15) is 10.1 Å². The summed E-state index contributed by atoms with van der Waals surface area (Å²) in [6.45, 7) is 3.67. The molecule has 0 bridgehead atoms. The summed E-state index contributed by atoms with van der Waals surface area (Å²) in [7, 11) is 0. The number of rotatable bonds is 4. The fraction of sp³-hybridized carbons (Fsp3) is 0.231. The average Bonchev–Trinajstić information content (AvgIpc) is 2.38. The maximum absolute atomic E-state index is 10.9. The lowest BCUT2D eigenvalue weighted by Gasteiger charge is -2.17. The molecule has 0 radical (unpaired) electrons. The van der Waals surface area contributed by atoms with Gasteiger partial charge in [-0.3, -0.25) is 20.1 Å². The van der Waals surface area contributed by atoms with Crippen LogP contribution in [0.25, 0.3) is 0 Å². The molecule has 0 amide bonds. The molecule has 0 aromatic carbocycles. The fourth-order valence-electron chi connectivity index (χ4n) is 1.55. The molecule has 2 heterocycles. The molecular formula is C13H14N4O3. The van der Waals surface area contributed by atoms with Crippen LogP contribution in [0.3, 0.4) is 0 Å². The minimum Gasteiger partial charge on any atom is -0.448 e. The van der Waals surface area contributed by atoms with Crippen LogP contribution in [-0.4, -0.2) is 14.9 Å². The first-order chi connectivity index (χ1) is 9.38. The minimum atomic E-state index is -0.554. The predicted molar refractivity (Wildman–Crippen MR) is 72.4 cm³/mol. The Morgan fingerprint density at radius 1 is 1.30 bits per heavy atom. The van der Waals surface area contributed by atoms with Crippen LogP contribution in [0.15, 0.2) is 36.8 Å². The number of nitro groups is 1. The topological polar surface area (TPSA) is 104 Å². The number of hydrogen-bond donors (Lipinski definition) is 1. The number of nitrogens with two attached hydrogens (primary N) is 1. The Morgan fingerprint density at radius 2 is 2.05 bits per heavy atom. The molecule has 7 heteroatoms. The van der Waals surface area contributed by atoms with Gasteiger partial charge in [-0.15, -0.1) is 0 Å². The lowest BCUT2D eigenvalue weighted by Crippen LogP contribution is -2.29. The largest absolute Gasteiger partial charge is 0.448 e. The van der Waals surface area contributed by atoms with E-state index in [0.29, 0.717) is 11.4 Å². The Morgan fingerprint density at radius 3 is 2.60 bits per heavy atom. The van der Waals surface area contributed by atoms with Crippen LogP contribution in [0.5, 0.6) is 11.5 Å². The highest BCUT2D eigenvalue weighted by molar-refractivity contribution is 5.45. The van der Waals surface area contributed by atoms with Crippen molar-refractivity contribution in [2.45, 2.75) is 19.4 Å². The molecule has 0 aliphatic heterocycles. The maximum atomic E-state index is 10.9. The van der Waals surface area contributed by atoms with E-state index in [0.717, 1.165) is 6.20 Å². The molecule has 0 saturated heterocycles. The molecule has 0 fully saturated rings. The van der Waals surface area contributed by atoms with E-state index in [2.05, 4.69) is 9.97 Å². The van der Waals surface area contributed by atoms with Crippen molar-refractivity contribution in [3.8, 4) is 11.5 Å². The van der Waals surface area contributed by atoms with Crippen molar-refractivity contribution in [2.24, 2.45) is 5.73 Å². The van der Waals surface area contributed by atoms with E-state index < -0.39 is 10.5 Å². The Labute approximate surface area is 115 Å². The van der Waals surface area contributed by atoms with Crippen LogP contribution >= 0.6 is 0 Å². The number of pyridine rings is 2. The smallest absolute Gasteiger partial charge is 0.329 e. The van der Waals surface area contributed by atoms with Gasteiger partial charge in [0.2, 0.25) is 5.75 Å². The first-order valence-corrected chi connectivity index (χ1v) is 5.89. The highest BCUT2D eigenvalue weighted by atomic mass is 16.6. The second-order valence-corrected chi connectivity index (χ2v) is 4.80. The highest BCUT2D eigenvalue weighted by Crippen LogP contribution is 2.30. The lowest BCUT2D eigenvalue weighted by molar-refractivity contribution is -0.386. The summed E-state index contributed by atoms with van der Waals surface area (Å²) in [5.41, 5.74) is 5.87. The molecule has 2 rings (SSSR count). The Balaban J connectivity index is 2.25. The summed E-state index contributed by atoms with van der Waals surface area (Å²) >= 11 is 0. The number of aromatic nitrogens is 2. The third-order valence-electron chi connectivity index (χ3n) is 2.58. The van der Waals surface area contributed by atoms with Crippen LogP contribution in [-0.2, 0) is 5.54 Å². The van der Waals surface area contributed by atoms with Crippen molar-refractivity contribution >= 4 is 5.69 Å². The number of nitrogens with zero attached hydrogens (tertiary/aromatic N) is 3. The molecule has 0 aliphatic carbocycles. The Hall–Kier alpha value is -2.54. The quantitative estimate of drug-likeness (QED) is 0.678. The summed E-state index contributed by atoms with van der Waals surface area (Å²) in [6, 6.07) is 4.82. The summed E-state index contributed by atoms with van der Waals surface area (Å²) in [5, 5.41) is 10.9. The normalized spacial score (nSPS) is 11.2. The van der Waals surface area contributed by atoms with Crippen molar-refractivity contribution in [3.63, 3.8) is 0 Å². The molecule has 104 valence electrons. The van der Waals surface area contributed by atoms with E-state index in [1.165, 1.54) is 18.5 Å². The average molecular weight is 274 g/mol. The van der Waals surface area contributed by atoms with Crippen LogP contribution in [0.4, 0.5) is 5.69 Å². The van der Waals surface area contributed by atoms with Crippen molar-refractivity contribution in [3.05, 3.63) is 52.6 Å².